The zero-order chi connectivity index (χ0) is 17.5. The monoisotopic (exact) mass is 346 g/mol. The van der Waals surface area contributed by atoms with Crippen LogP contribution in [0.2, 0.25) is 0 Å². The van der Waals surface area contributed by atoms with Crippen LogP contribution in [0.15, 0.2) is 29.9 Å². The van der Waals surface area contributed by atoms with Crippen molar-refractivity contribution in [2.24, 2.45) is 5.92 Å². The van der Waals surface area contributed by atoms with E-state index in [4.69, 9.17) is 0 Å². The van der Waals surface area contributed by atoms with Crippen molar-refractivity contribution in [3.63, 3.8) is 0 Å². The van der Waals surface area contributed by atoms with Crippen molar-refractivity contribution in [3.8, 4) is 0 Å². The summed E-state index contributed by atoms with van der Waals surface area (Å²) in [6.07, 6.45) is 4.69. The molecule has 2 aromatic heterocycles. The summed E-state index contributed by atoms with van der Waals surface area (Å²) in [5, 5.41) is 4.87. The zero-order valence-electron chi connectivity index (χ0n) is 14.2. The third-order valence-corrected chi connectivity index (χ3v) is 4.13. The first-order chi connectivity index (χ1) is 11.5. The molecule has 0 radical (unpaired) electrons. The molecule has 0 spiro atoms. The molecule has 0 aliphatic carbocycles. The number of nitrogens with one attached hydrogen (secondary N) is 1. The highest BCUT2D eigenvalue weighted by atomic mass is 32.1. The summed E-state index contributed by atoms with van der Waals surface area (Å²) < 4.78 is 0. The molecule has 2 rings (SSSR count). The molecular weight excluding hydrogens is 324 g/mol. The first-order valence-corrected chi connectivity index (χ1v) is 8.73. The van der Waals surface area contributed by atoms with E-state index >= 15 is 0 Å². The quantitative estimate of drug-likeness (QED) is 0.836. The Labute approximate surface area is 145 Å². The average Bonchev–Trinajstić information content (AvgIpc) is 3.00. The van der Waals surface area contributed by atoms with Gasteiger partial charge in [0.2, 0.25) is 5.91 Å². The second-order valence-corrected chi connectivity index (χ2v) is 6.88. The highest BCUT2D eigenvalue weighted by molar-refractivity contribution is 7.14. The van der Waals surface area contributed by atoms with E-state index < -0.39 is 0 Å². The highest BCUT2D eigenvalue weighted by Crippen LogP contribution is 2.17. The van der Waals surface area contributed by atoms with Gasteiger partial charge in [-0.1, -0.05) is 19.9 Å². The molecule has 0 unspecified atom stereocenters. The molecule has 24 heavy (non-hydrogen) atoms. The van der Waals surface area contributed by atoms with Crippen LogP contribution in [0, 0.1) is 5.92 Å². The van der Waals surface area contributed by atoms with E-state index in [0.717, 1.165) is 12.0 Å². The van der Waals surface area contributed by atoms with E-state index in [2.05, 4.69) is 15.3 Å². The summed E-state index contributed by atoms with van der Waals surface area (Å²) in [7, 11) is 1.75. The van der Waals surface area contributed by atoms with Gasteiger partial charge in [-0.2, -0.15) is 0 Å². The van der Waals surface area contributed by atoms with Crippen LogP contribution in [0.25, 0.3) is 0 Å². The molecule has 128 valence electrons. The number of hydrogen-bond donors (Lipinski definition) is 1. The van der Waals surface area contributed by atoms with Crippen LogP contribution in [0.1, 0.15) is 36.3 Å². The fourth-order valence-electron chi connectivity index (χ4n) is 2.11. The third-order valence-electron chi connectivity index (χ3n) is 3.37. The van der Waals surface area contributed by atoms with Gasteiger partial charge in [0.05, 0.1) is 0 Å². The predicted molar refractivity (Wildman–Crippen MR) is 95.1 cm³/mol. The lowest BCUT2D eigenvalue weighted by atomic mass is 10.1. The van der Waals surface area contributed by atoms with Crippen molar-refractivity contribution in [1.82, 2.24) is 14.9 Å². The minimum atomic E-state index is -0.153. The Bertz CT molecular complexity index is 685. The molecular formula is C17H22N4O2S. The van der Waals surface area contributed by atoms with Crippen molar-refractivity contribution >= 4 is 28.3 Å². The summed E-state index contributed by atoms with van der Waals surface area (Å²) in [5.74, 6) is 0.0486. The summed E-state index contributed by atoms with van der Waals surface area (Å²) in [6, 6.07) is 3.86. The molecule has 2 heterocycles. The Balaban J connectivity index is 1.89. The normalized spacial score (nSPS) is 10.7. The lowest BCUT2D eigenvalue weighted by Gasteiger charge is -2.15. The Morgan fingerprint density at radius 1 is 1.38 bits per heavy atom. The van der Waals surface area contributed by atoms with Gasteiger partial charge in [-0.05, 0) is 24.0 Å². The summed E-state index contributed by atoms with van der Waals surface area (Å²) >= 11 is 1.26. The maximum absolute atomic E-state index is 12.4. The standard InChI is InChI=1S/C17H22N4O2S/c1-12(2)9-15(22)20-17-19-14(11-24-17)16(23)21(3)8-6-13-5-4-7-18-10-13/h4-5,7,10-12H,6,8-9H2,1-3H3,(H,19,20,22). The number of likely N-dealkylation sites (N-methyl/N-ethyl adjacent to an activating group) is 1. The Kier molecular flexibility index (Phi) is 6.43. The van der Waals surface area contributed by atoms with Crippen molar-refractivity contribution in [3.05, 3.63) is 41.2 Å². The molecule has 2 aromatic rings. The summed E-state index contributed by atoms with van der Waals surface area (Å²) in [4.78, 5) is 34.0. The molecule has 0 saturated carbocycles. The lowest BCUT2D eigenvalue weighted by molar-refractivity contribution is -0.116. The topological polar surface area (TPSA) is 75.2 Å². The number of hydrogen-bond acceptors (Lipinski definition) is 5. The van der Waals surface area contributed by atoms with Gasteiger partial charge < -0.3 is 10.2 Å². The van der Waals surface area contributed by atoms with Crippen molar-refractivity contribution in [2.45, 2.75) is 26.7 Å². The van der Waals surface area contributed by atoms with Gasteiger partial charge in [-0.3, -0.25) is 14.6 Å². The van der Waals surface area contributed by atoms with Crippen molar-refractivity contribution < 1.29 is 9.59 Å². The molecule has 0 fully saturated rings. The number of aromatic nitrogens is 2. The molecule has 7 heteroatoms. The minimum absolute atomic E-state index is 0.0803. The molecule has 0 atom stereocenters. The van der Waals surface area contributed by atoms with Gasteiger partial charge >= 0.3 is 0 Å². The second-order valence-electron chi connectivity index (χ2n) is 6.02. The maximum atomic E-state index is 12.4. The number of carbonyl (C=O) groups is 2. The van der Waals surface area contributed by atoms with E-state index in [1.54, 1.807) is 29.7 Å². The number of anilines is 1. The smallest absolute Gasteiger partial charge is 0.273 e. The number of amides is 2. The largest absolute Gasteiger partial charge is 0.340 e. The maximum Gasteiger partial charge on any atom is 0.273 e. The molecule has 0 saturated heterocycles. The summed E-state index contributed by atoms with van der Waals surface area (Å²) in [5.41, 5.74) is 1.44. The predicted octanol–water partition coefficient (Wildman–Crippen LogP) is 2.84. The molecule has 0 bridgehead atoms. The van der Waals surface area contributed by atoms with Gasteiger partial charge in [-0.25, -0.2) is 4.98 Å². The van der Waals surface area contributed by atoms with E-state index in [-0.39, 0.29) is 17.7 Å². The Hall–Kier alpha value is -2.28. The van der Waals surface area contributed by atoms with E-state index in [1.807, 2.05) is 26.0 Å². The Morgan fingerprint density at radius 2 is 2.17 bits per heavy atom. The number of thiazole rings is 1. The lowest BCUT2D eigenvalue weighted by Crippen LogP contribution is -2.29. The zero-order valence-corrected chi connectivity index (χ0v) is 15.0. The minimum Gasteiger partial charge on any atom is -0.340 e. The second kappa shape index (κ2) is 8.54. The molecule has 0 aliphatic rings. The first kappa shape index (κ1) is 18.1. The third kappa shape index (κ3) is 5.42. The van der Waals surface area contributed by atoms with Gasteiger partial charge in [-0.15, -0.1) is 11.3 Å². The fourth-order valence-corrected chi connectivity index (χ4v) is 2.81. The van der Waals surface area contributed by atoms with Crippen LogP contribution in [-0.4, -0.2) is 40.3 Å². The molecule has 2 amide bonds. The van der Waals surface area contributed by atoms with E-state index in [0.29, 0.717) is 23.8 Å². The van der Waals surface area contributed by atoms with Gasteiger partial charge in [0, 0.05) is 37.8 Å². The van der Waals surface area contributed by atoms with Gasteiger partial charge in [0.15, 0.2) is 5.13 Å². The van der Waals surface area contributed by atoms with Crippen LogP contribution < -0.4 is 5.32 Å². The SMILES string of the molecule is CC(C)CC(=O)Nc1nc(C(=O)N(C)CCc2cccnc2)cs1. The molecule has 0 aromatic carbocycles. The van der Waals surface area contributed by atoms with Crippen molar-refractivity contribution in [1.29, 1.82) is 0 Å². The first-order valence-electron chi connectivity index (χ1n) is 7.85. The number of carbonyl (C=O) groups excluding carboxylic acids is 2. The van der Waals surface area contributed by atoms with E-state index in [1.165, 1.54) is 11.3 Å². The Morgan fingerprint density at radius 3 is 2.83 bits per heavy atom. The van der Waals surface area contributed by atoms with Crippen LogP contribution in [0.4, 0.5) is 5.13 Å². The summed E-state index contributed by atoms with van der Waals surface area (Å²) in [6.45, 7) is 4.54. The van der Waals surface area contributed by atoms with Crippen LogP contribution in [0.5, 0.6) is 0 Å². The average molecular weight is 346 g/mol. The number of rotatable bonds is 7. The van der Waals surface area contributed by atoms with Gasteiger partial charge in [0.25, 0.3) is 5.91 Å². The van der Waals surface area contributed by atoms with Gasteiger partial charge in [0.1, 0.15) is 5.69 Å². The fraction of sp³-hybridized carbons (Fsp3) is 0.412. The molecule has 6 nitrogen and oxygen atoms in total. The molecule has 1 N–H and O–H groups in total. The van der Waals surface area contributed by atoms with Crippen LogP contribution in [-0.2, 0) is 11.2 Å². The van der Waals surface area contributed by atoms with Crippen molar-refractivity contribution in [2.75, 3.05) is 18.9 Å². The number of nitrogens with zero attached hydrogens (tertiary/aromatic N) is 3. The number of pyridine rings is 1. The highest BCUT2D eigenvalue weighted by Gasteiger charge is 2.16. The van der Waals surface area contributed by atoms with Crippen LogP contribution >= 0.6 is 11.3 Å². The molecule has 0 aliphatic heterocycles. The van der Waals surface area contributed by atoms with Crippen LogP contribution in [0.3, 0.4) is 0 Å². The van der Waals surface area contributed by atoms with E-state index in [9.17, 15) is 9.59 Å².